The molecule has 1 amide bonds. The maximum Gasteiger partial charge on any atom is 0.227 e. The van der Waals surface area contributed by atoms with Crippen molar-refractivity contribution in [2.24, 2.45) is 0 Å². The van der Waals surface area contributed by atoms with E-state index in [0.29, 0.717) is 19.5 Å². The Morgan fingerprint density at radius 1 is 1.08 bits per heavy atom. The largest absolute Gasteiger partial charge is 0.392 e. The second kappa shape index (κ2) is 7.14. The molecule has 1 aliphatic rings. The SMILES string of the molecule is O=C(Cc1ccc(CO)cc1)N1CCc2nc(-c3ccccc3)[nH]c2C1. The van der Waals surface area contributed by atoms with Gasteiger partial charge in [0.2, 0.25) is 5.91 Å². The highest BCUT2D eigenvalue weighted by Crippen LogP contribution is 2.23. The molecule has 1 aromatic heterocycles. The van der Waals surface area contributed by atoms with Crippen LogP contribution in [-0.2, 0) is 30.8 Å². The molecule has 3 aromatic rings. The first kappa shape index (κ1) is 16.5. The van der Waals surface area contributed by atoms with Gasteiger partial charge in [0.1, 0.15) is 5.82 Å². The van der Waals surface area contributed by atoms with Crippen LogP contribution in [0.1, 0.15) is 22.5 Å². The van der Waals surface area contributed by atoms with Crippen molar-refractivity contribution in [1.82, 2.24) is 14.9 Å². The molecule has 5 heteroatoms. The van der Waals surface area contributed by atoms with Gasteiger partial charge in [-0.25, -0.2) is 4.98 Å². The topological polar surface area (TPSA) is 69.2 Å². The molecule has 0 fully saturated rings. The average molecular weight is 347 g/mol. The predicted molar refractivity (Wildman–Crippen MR) is 99.2 cm³/mol. The van der Waals surface area contributed by atoms with Crippen LogP contribution in [0.25, 0.3) is 11.4 Å². The summed E-state index contributed by atoms with van der Waals surface area (Å²) in [5, 5.41) is 9.11. The number of aromatic amines is 1. The monoisotopic (exact) mass is 347 g/mol. The second-order valence-electron chi connectivity index (χ2n) is 6.59. The van der Waals surface area contributed by atoms with Gasteiger partial charge in [-0.15, -0.1) is 0 Å². The molecule has 0 bridgehead atoms. The van der Waals surface area contributed by atoms with Gasteiger partial charge >= 0.3 is 0 Å². The molecule has 0 spiro atoms. The number of rotatable bonds is 4. The number of nitrogens with zero attached hydrogens (tertiary/aromatic N) is 2. The van der Waals surface area contributed by atoms with Crippen LogP contribution in [0.3, 0.4) is 0 Å². The zero-order valence-electron chi connectivity index (χ0n) is 14.5. The number of amides is 1. The highest BCUT2D eigenvalue weighted by molar-refractivity contribution is 5.79. The number of hydrogen-bond acceptors (Lipinski definition) is 3. The van der Waals surface area contributed by atoms with Crippen LogP contribution in [0, 0.1) is 0 Å². The summed E-state index contributed by atoms with van der Waals surface area (Å²) in [6.45, 7) is 1.29. The Balaban J connectivity index is 1.45. The summed E-state index contributed by atoms with van der Waals surface area (Å²) < 4.78 is 0. The molecule has 2 heterocycles. The van der Waals surface area contributed by atoms with E-state index in [9.17, 15) is 4.79 Å². The molecule has 0 saturated heterocycles. The summed E-state index contributed by atoms with van der Waals surface area (Å²) in [6.07, 6.45) is 1.15. The van der Waals surface area contributed by atoms with Crippen molar-refractivity contribution in [2.75, 3.05) is 6.54 Å². The summed E-state index contributed by atoms with van der Waals surface area (Å²) in [6, 6.07) is 17.6. The van der Waals surface area contributed by atoms with E-state index in [1.54, 1.807) is 0 Å². The smallest absolute Gasteiger partial charge is 0.227 e. The van der Waals surface area contributed by atoms with E-state index in [0.717, 1.165) is 40.3 Å². The van der Waals surface area contributed by atoms with Gasteiger partial charge < -0.3 is 15.0 Å². The van der Waals surface area contributed by atoms with Crippen molar-refractivity contribution in [3.05, 3.63) is 77.1 Å². The lowest BCUT2D eigenvalue weighted by atomic mass is 10.1. The predicted octanol–water partition coefficient (Wildman–Crippen LogP) is 2.70. The minimum absolute atomic E-state index is 0.0205. The maximum atomic E-state index is 12.7. The quantitative estimate of drug-likeness (QED) is 0.762. The highest BCUT2D eigenvalue weighted by atomic mass is 16.3. The summed E-state index contributed by atoms with van der Waals surface area (Å²) in [5.41, 5.74) is 4.96. The molecule has 4 rings (SSSR count). The van der Waals surface area contributed by atoms with Crippen LogP contribution in [-0.4, -0.2) is 32.4 Å². The molecule has 0 unspecified atom stereocenters. The first-order valence-corrected chi connectivity index (χ1v) is 8.82. The fourth-order valence-corrected chi connectivity index (χ4v) is 3.29. The van der Waals surface area contributed by atoms with Crippen molar-refractivity contribution < 1.29 is 9.90 Å². The van der Waals surface area contributed by atoms with E-state index in [1.165, 1.54) is 0 Å². The van der Waals surface area contributed by atoms with Crippen LogP contribution in [0.15, 0.2) is 54.6 Å². The van der Waals surface area contributed by atoms with E-state index in [-0.39, 0.29) is 12.5 Å². The molecule has 2 N–H and O–H groups in total. The summed E-state index contributed by atoms with van der Waals surface area (Å²) >= 11 is 0. The number of aliphatic hydroxyl groups excluding tert-OH is 1. The van der Waals surface area contributed by atoms with E-state index < -0.39 is 0 Å². The molecule has 5 nitrogen and oxygen atoms in total. The van der Waals surface area contributed by atoms with Crippen LogP contribution >= 0.6 is 0 Å². The van der Waals surface area contributed by atoms with Crippen molar-refractivity contribution in [3.8, 4) is 11.4 Å². The fourth-order valence-electron chi connectivity index (χ4n) is 3.29. The molecular weight excluding hydrogens is 326 g/mol. The highest BCUT2D eigenvalue weighted by Gasteiger charge is 2.24. The molecule has 0 aliphatic carbocycles. The number of H-pyrrole nitrogens is 1. The number of carbonyl (C=O) groups is 1. The van der Waals surface area contributed by atoms with E-state index in [2.05, 4.69) is 4.98 Å². The minimum Gasteiger partial charge on any atom is -0.392 e. The van der Waals surface area contributed by atoms with Gasteiger partial charge in [0, 0.05) is 18.5 Å². The van der Waals surface area contributed by atoms with E-state index in [1.807, 2.05) is 59.5 Å². The molecular formula is C21H21N3O2. The normalized spacial score (nSPS) is 13.5. The van der Waals surface area contributed by atoms with Gasteiger partial charge in [-0.1, -0.05) is 54.6 Å². The molecule has 1 aliphatic heterocycles. The maximum absolute atomic E-state index is 12.7. The van der Waals surface area contributed by atoms with Gasteiger partial charge in [0.15, 0.2) is 0 Å². The lowest BCUT2D eigenvalue weighted by Gasteiger charge is -2.26. The van der Waals surface area contributed by atoms with Gasteiger partial charge in [0.25, 0.3) is 0 Å². The standard InChI is InChI=1S/C21H21N3O2/c25-14-16-8-6-15(7-9-16)12-20(26)24-11-10-18-19(13-24)23-21(22-18)17-4-2-1-3-5-17/h1-9,25H,10-14H2,(H,22,23). The Morgan fingerprint density at radius 3 is 2.54 bits per heavy atom. The first-order valence-electron chi connectivity index (χ1n) is 8.82. The lowest BCUT2D eigenvalue weighted by Crippen LogP contribution is -2.37. The van der Waals surface area contributed by atoms with E-state index >= 15 is 0 Å². The van der Waals surface area contributed by atoms with Gasteiger partial charge in [-0.2, -0.15) is 0 Å². The number of carbonyl (C=O) groups excluding carboxylic acids is 1. The third-order valence-corrected chi connectivity index (χ3v) is 4.79. The first-order chi connectivity index (χ1) is 12.7. The number of benzene rings is 2. The summed E-state index contributed by atoms with van der Waals surface area (Å²) in [7, 11) is 0. The number of aromatic nitrogens is 2. The second-order valence-corrected chi connectivity index (χ2v) is 6.59. The number of hydrogen-bond donors (Lipinski definition) is 2. The van der Waals surface area contributed by atoms with Crippen molar-refractivity contribution >= 4 is 5.91 Å². The third-order valence-electron chi connectivity index (χ3n) is 4.79. The van der Waals surface area contributed by atoms with Gasteiger partial charge in [-0.3, -0.25) is 4.79 Å². The fraction of sp³-hybridized carbons (Fsp3) is 0.238. The van der Waals surface area contributed by atoms with Crippen molar-refractivity contribution in [2.45, 2.75) is 26.0 Å². The Morgan fingerprint density at radius 2 is 1.81 bits per heavy atom. The molecule has 132 valence electrons. The number of imidazole rings is 1. The van der Waals surface area contributed by atoms with Crippen LogP contribution in [0.4, 0.5) is 0 Å². The average Bonchev–Trinajstić information content (AvgIpc) is 3.12. The number of fused-ring (bicyclic) bond motifs is 1. The Kier molecular flexibility index (Phi) is 4.54. The van der Waals surface area contributed by atoms with Crippen molar-refractivity contribution in [1.29, 1.82) is 0 Å². The Hall–Kier alpha value is -2.92. The molecule has 0 radical (unpaired) electrons. The lowest BCUT2D eigenvalue weighted by molar-refractivity contribution is -0.131. The molecule has 26 heavy (non-hydrogen) atoms. The summed E-state index contributed by atoms with van der Waals surface area (Å²) in [5.74, 6) is 0.979. The number of aliphatic hydroxyl groups is 1. The summed E-state index contributed by atoms with van der Waals surface area (Å²) in [4.78, 5) is 22.6. The Bertz CT molecular complexity index is 901. The number of nitrogens with one attached hydrogen (secondary N) is 1. The molecule has 0 saturated carbocycles. The van der Waals surface area contributed by atoms with Crippen LogP contribution in [0.2, 0.25) is 0 Å². The van der Waals surface area contributed by atoms with Crippen LogP contribution in [0.5, 0.6) is 0 Å². The minimum atomic E-state index is 0.0205. The third kappa shape index (κ3) is 3.39. The zero-order valence-corrected chi connectivity index (χ0v) is 14.5. The van der Waals surface area contributed by atoms with Gasteiger partial charge in [-0.05, 0) is 11.1 Å². The molecule has 0 atom stereocenters. The van der Waals surface area contributed by atoms with Crippen LogP contribution < -0.4 is 0 Å². The Labute approximate surface area is 152 Å². The van der Waals surface area contributed by atoms with Crippen molar-refractivity contribution in [3.63, 3.8) is 0 Å². The van der Waals surface area contributed by atoms with E-state index in [4.69, 9.17) is 10.1 Å². The zero-order chi connectivity index (χ0) is 17.9. The van der Waals surface area contributed by atoms with Gasteiger partial charge in [0.05, 0.1) is 31.0 Å². The molecule has 2 aromatic carbocycles.